The molecule has 1 aromatic heterocycles. The number of benzene rings is 1. The number of hydrogen-bond donors (Lipinski definition) is 2. The third-order valence-corrected chi connectivity index (χ3v) is 3.44. The first-order valence-corrected chi connectivity index (χ1v) is 7.01. The second kappa shape index (κ2) is 5.91. The van der Waals surface area contributed by atoms with E-state index in [1.54, 1.807) is 6.07 Å². The first-order valence-electron chi connectivity index (χ1n) is 7.01. The van der Waals surface area contributed by atoms with Crippen LogP contribution in [0, 0.1) is 5.41 Å². The van der Waals surface area contributed by atoms with E-state index in [4.69, 9.17) is 11.1 Å². The molecule has 0 aliphatic heterocycles. The Morgan fingerprint density at radius 1 is 1.33 bits per heavy atom. The van der Waals surface area contributed by atoms with E-state index in [9.17, 15) is 4.79 Å². The third kappa shape index (κ3) is 3.02. The molecule has 0 saturated carbocycles. The van der Waals surface area contributed by atoms with Gasteiger partial charge in [-0.3, -0.25) is 10.2 Å². The van der Waals surface area contributed by atoms with Crippen LogP contribution in [0.2, 0.25) is 0 Å². The number of nitrogens with two attached hydrogens (primary N) is 1. The fourth-order valence-electron chi connectivity index (χ4n) is 2.13. The maximum atomic E-state index is 12.0. The van der Waals surface area contributed by atoms with Gasteiger partial charge in [0.05, 0.1) is 11.3 Å². The minimum Gasteiger partial charge on any atom is -0.384 e. The average molecular weight is 284 g/mol. The van der Waals surface area contributed by atoms with E-state index in [1.807, 2.05) is 19.1 Å². The van der Waals surface area contributed by atoms with Crippen molar-refractivity contribution in [1.29, 1.82) is 5.41 Å². The van der Waals surface area contributed by atoms with Crippen molar-refractivity contribution >= 4 is 5.84 Å². The molecule has 0 saturated heterocycles. The summed E-state index contributed by atoms with van der Waals surface area (Å²) in [6.07, 6.45) is 0. The first-order chi connectivity index (χ1) is 9.93. The summed E-state index contributed by atoms with van der Waals surface area (Å²) in [6, 6.07) is 9.65. The third-order valence-electron chi connectivity index (χ3n) is 3.44. The van der Waals surface area contributed by atoms with Crippen molar-refractivity contribution in [3.8, 4) is 11.3 Å². The molecule has 5 heteroatoms. The largest absolute Gasteiger partial charge is 0.384 e. The van der Waals surface area contributed by atoms with Crippen molar-refractivity contribution in [2.24, 2.45) is 5.73 Å². The van der Waals surface area contributed by atoms with Crippen LogP contribution in [-0.4, -0.2) is 15.6 Å². The molecule has 2 aromatic rings. The number of nitrogens with zero attached hydrogens (tertiary/aromatic N) is 2. The fraction of sp³-hybridized carbons (Fsp3) is 0.312. The number of rotatable bonds is 4. The normalized spacial score (nSPS) is 10.9. The Morgan fingerprint density at radius 3 is 2.43 bits per heavy atom. The van der Waals surface area contributed by atoms with Crippen LogP contribution in [0.1, 0.15) is 37.8 Å². The Hall–Kier alpha value is -2.43. The minimum absolute atomic E-state index is 0.190. The topological polar surface area (TPSA) is 84.8 Å². The van der Waals surface area contributed by atoms with Crippen molar-refractivity contribution in [1.82, 2.24) is 9.78 Å². The summed E-state index contributed by atoms with van der Waals surface area (Å²) in [4.78, 5) is 12.0. The first kappa shape index (κ1) is 15.0. The molecule has 5 nitrogen and oxygen atoms in total. The molecule has 0 atom stereocenters. The Morgan fingerprint density at radius 2 is 1.95 bits per heavy atom. The van der Waals surface area contributed by atoms with Gasteiger partial charge in [0.25, 0.3) is 5.56 Å². The summed E-state index contributed by atoms with van der Waals surface area (Å²) in [5.74, 6) is 0.231. The van der Waals surface area contributed by atoms with Gasteiger partial charge in [-0.2, -0.15) is 5.10 Å². The monoisotopic (exact) mass is 284 g/mol. The van der Waals surface area contributed by atoms with Gasteiger partial charge in [-0.05, 0) is 24.5 Å². The zero-order valence-electron chi connectivity index (χ0n) is 12.6. The van der Waals surface area contributed by atoms with E-state index >= 15 is 0 Å². The fourth-order valence-corrected chi connectivity index (χ4v) is 2.13. The summed E-state index contributed by atoms with van der Waals surface area (Å²) in [5, 5.41) is 11.9. The number of aromatic nitrogens is 2. The zero-order valence-corrected chi connectivity index (χ0v) is 12.6. The van der Waals surface area contributed by atoms with Crippen LogP contribution in [0.4, 0.5) is 0 Å². The number of hydrogen-bond acceptors (Lipinski definition) is 3. The second-order valence-electron chi connectivity index (χ2n) is 5.25. The molecule has 0 fully saturated rings. The number of aryl methyl sites for hydroxylation is 1. The molecule has 0 spiro atoms. The van der Waals surface area contributed by atoms with Gasteiger partial charge in [0.1, 0.15) is 5.84 Å². The van der Waals surface area contributed by atoms with Gasteiger partial charge in [0.2, 0.25) is 0 Å². The molecular weight excluding hydrogens is 264 g/mol. The van der Waals surface area contributed by atoms with E-state index in [2.05, 4.69) is 31.1 Å². The molecule has 0 unspecified atom stereocenters. The Bertz CT molecular complexity index is 714. The lowest BCUT2D eigenvalue weighted by Crippen LogP contribution is -2.31. The lowest BCUT2D eigenvalue weighted by molar-refractivity contribution is 0.617. The van der Waals surface area contributed by atoms with E-state index in [1.165, 1.54) is 10.2 Å². The molecule has 0 aliphatic carbocycles. The molecule has 1 heterocycles. The van der Waals surface area contributed by atoms with E-state index in [-0.39, 0.29) is 17.0 Å². The Kier molecular flexibility index (Phi) is 4.21. The van der Waals surface area contributed by atoms with Gasteiger partial charge < -0.3 is 5.73 Å². The van der Waals surface area contributed by atoms with Gasteiger partial charge in [-0.1, -0.05) is 38.1 Å². The van der Waals surface area contributed by atoms with Crippen molar-refractivity contribution in [3.63, 3.8) is 0 Å². The Labute approximate surface area is 123 Å². The lowest BCUT2D eigenvalue weighted by Gasteiger charge is -2.10. The lowest BCUT2D eigenvalue weighted by atomic mass is 10.0. The van der Waals surface area contributed by atoms with Crippen molar-refractivity contribution < 1.29 is 0 Å². The van der Waals surface area contributed by atoms with Crippen LogP contribution in [0.25, 0.3) is 11.3 Å². The highest BCUT2D eigenvalue weighted by Gasteiger charge is 2.11. The molecule has 0 bridgehead atoms. The molecule has 0 radical (unpaired) electrons. The number of nitrogens with one attached hydrogen (secondary N) is 1. The SMILES string of the molecule is CCn1nc(-c2ccc(C(C)C)cc2)cc(C(=N)N)c1=O. The number of amidine groups is 1. The van der Waals surface area contributed by atoms with Gasteiger partial charge in [0, 0.05) is 12.1 Å². The van der Waals surface area contributed by atoms with Crippen LogP contribution in [0.15, 0.2) is 35.1 Å². The minimum atomic E-state index is -0.326. The van der Waals surface area contributed by atoms with E-state index in [0.29, 0.717) is 18.2 Å². The molecular formula is C16H20N4O. The standard InChI is InChI=1S/C16H20N4O/c1-4-20-16(21)13(15(17)18)9-14(19-20)12-7-5-11(6-8-12)10(2)3/h5-10H,4H2,1-3H3,(H3,17,18). The molecule has 0 aliphatic rings. The summed E-state index contributed by atoms with van der Waals surface area (Å²) < 4.78 is 1.34. The van der Waals surface area contributed by atoms with Crippen molar-refractivity contribution in [2.45, 2.75) is 33.2 Å². The predicted octanol–water partition coefficient (Wildman–Crippen LogP) is 2.34. The van der Waals surface area contributed by atoms with Crippen LogP contribution in [-0.2, 0) is 6.54 Å². The van der Waals surface area contributed by atoms with Gasteiger partial charge in [-0.15, -0.1) is 0 Å². The number of nitrogen functional groups attached to an aromatic ring is 1. The summed E-state index contributed by atoms with van der Waals surface area (Å²) >= 11 is 0. The highest BCUT2D eigenvalue weighted by atomic mass is 16.1. The maximum absolute atomic E-state index is 12.0. The summed E-state index contributed by atoms with van der Waals surface area (Å²) in [7, 11) is 0. The van der Waals surface area contributed by atoms with E-state index < -0.39 is 0 Å². The van der Waals surface area contributed by atoms with Gasteiger partial charge >= 0.3 is 0 Å². The molecule has 110 valence electrons. The quantitative estimate of drug-likeness (QED) is 0.667. The van der Waals surface area contributed by atoms with E-state index in [0.717, 1.165) is 5.56 Å². The molecule has 2 rings (SSSR count). The molecule has 21 heavy (non-hydrogen) atoms. The molecule has 3 N–H and O–H groups in total. The Balaban J connectivity index is 2.55. The van der Waals surface area contributed by atoms with Crippen molar-refractivity contribution in [3.05, 3.63) is 51.8 Å². The van der Waals surface area contributed by atoms with Crippen LogP contribution in [0.5, 0.6) is 0 Å². The van der Waals surface area contributed by atoms with Crippen LogP contribution < -0.4 is 11.3 Å². The maximum Gasteiger partial charge on any atom is 0.277 e. The summed E-state index contributed by atoms with van der Waals surface area (Å²) in [6.45, 7) is 6.55. The van der Waals surface area contributed by atoms with Crippen molar-refractivity contribution in [2.75, 3.05) is 0 Å². The smallest absolute Gasteiger partial charge is 0.277 e. The molecule has 1 aromatic carbocycles. The summed E-state index contributed by atoms with van der Waals surface area (Å²) in [5.41, 5.74) is 8.16. The van der Waals surface area contributed by atoms with Gasteiger partial charge in [-0.25, -0.2) is 4.68 Å². The van der Waals surface area contributed by atoms with Gasteiger partial charge in [0.15, 0.2) is 0 Å². The average Bonchev–Trinajstić information content (AvgIpc) is 2.47. The predicted molar refractivity (Wildman–Crippen MR) is 84.7 cm³/mol. The van der Waals surface area contributed by atoms with Crippen LogP contribution >= 0.6 is 0 Å². The second-order valence-corrected chi connectivity index (χ2v) is 5.25. The zero-order chi connectivity index (χ0) is 15.6. The molecule has 0 amide bonds. The highest BCUT2D eigenvalue weighted by Crippen LogP contribution is 2.21. The van der Waals surface area contributed by atoms with Crippen LogP contribution in [0.3, 0.4) is 0 Å². The highest BCUT2D eigenvalue weighted by molar-refractivity contribution is 5.95.